The van der Waals surface area contributed by atoms with Crippen molar-refractivity contribution in [2.45, 2.75) is 212 Å². The number of halogens is 1. The highest BCUT2D eigenvalue weighted by Crippen LogP contribution is 2.27. The van der Waals surface area contributed by atoms with Crippen molar-refractivity contribution >= 4 is 151 Å². The number of unbranched alkanes of at least 4 members (excludes halogenated alkanes) is 6. The van der Waals surface area contributed by atoms with Crippen LogP contribution >= 0.6 is 15.9 Å². The minimum absolute atomic E-state index is 0.00157. The van der Waals surface area contributed by atoms with Crippen molar-refractivity contribution in [1.82, 2.24) is 58.2 Å². The molecule has 11 amide bonds. The van der Waals surface area contributed by atoms with Crippen LogP contribution in [0.3, 0.4) is 0 Å². The summed E-state index contributed by atoms with van der Waals surface area (Å²) >= 11 is 3.30. The number of ketones is 4. The van der Waals surface area contributed by atoms with Gasteiger partial charge in [0.05, 0.1) is 56.5 Å². The van der Waals surface area contributed by atoms with Crippen LogP contribution in [0.15, 0.2) is 47.1 Å². The second kappa shape index (κ2) is 51.6. The lowest BCUT2D eigenvalue weighted by molar-refractivity contribution is -0.156. The number of Topliss-reactive ketones (excluding diaryl/α,β-unsaturated/α-hetero) is 4. The molecule has 0 saturated carbocycles. The largest absolute Gasteiger partial charge is 0.481 e. The molecule has 0 spiro atoms. The number of hydrogen-bond acceptors (Lipinski definition) is 26. The van der Waals surface area contributed by atoms with Crippen LogP contribution in [0.25, 0.3) is 10.9 Å². The van der Waals surface area contributed by atoms with Crippen molar-refractivity contribution in [3.63, 3.8) is 0 Å². The average Bonchev–Trinajstić information content (AvgIpc) is 1.71. The predicted molar refractivity (Wildman–Crippen MR) is 426 cm³/mol. The summed E-state index contributed by atoms with van der Waals surface area (Å²) in [6.45, 7) is 3.66. The van der Waals surface area contributed by atoms with Crippen molar-refractivity contribution in [1.29, 1.82) is 0 Å². The molecule has 0 radical (unpaired) electrons. The summed E-state index contributed by atoms with van der Waals surface area (Å²) in [6.07, 6.45) is -2.12. The summed E-state index contributed by atoms with van der Waals surface area (Å²) in [6, 6.07) is -5.12. The monoisotopic (exact) mass is 1740 g/mol. The summed E-state index contributed by atoms with van der Waals surface area (Å²) in [7, 11) is 0. The SMILES string of the molecule is CCCCCCCCCC(=O)N[C@@H](Cc1c[nH]c2ccc(C)cc12)C(=O)N[C@H](CC(N)=O)C(=O)C[C@@H](CC(=O)O)C(=O)N[C@@H]1C(=O)NCC(=O)N[C@@H](CCCN)C(=O)C[C@@H](COC=O)C(=O)N[C@H](C)C(=O)N[C@@H](COC=O)C(=O)NCC(=O)N[C@H](CO)C(=O)C[C@@H]([C@H](C)CC(=O)O)C(=O)N[C@@H](CC(=O)c2cc(Br)ccc2NCC)C(=O)O[C@@H]1C. The highest BCUT2D eigenvalue weighted by atomic mass is 79.9. The Morgan fingerprint density at radius 2 is 1.30 bits per heavy atom. The van der Waals surface area contributed by atoms with Crippen LogP contribution in [0.1, 0.15) is 165 Å². The Kier molecular flexibility index (Phi) is 43.2. The van der Waals surface area contributed by atoms with Gasteiger partial charge in [0.2, 0.25) is 65.0 Å². The maximum Gasteiger partial charge on any atom is 0.329 e. The molecule has 3 aromatic rings. The Morgan fingerprint density at radius 3 is 1.93 bits per heavy atom. The fourth-order valence-corrected chi connectivity index (χ4v) is 13.2. The van der Waals surface area contributed by atoms with E-state index in [1.807, 2.05) is 19.1 Å². The number of primary amides is 1. The summed E-state index contributed by atoms with van der Waals surface area (Å²) in [4.78, 5) is 278. The summed E-state index contributed by atoms with van der Waals surface area (Å²) in [5, 5.41) is 57.6. The van der Waals surface area contributed by atoms with Crippen LogP contribution in [0.2, 0.25) is 0 Å². The Morgan fingerprint density at radius 1 is 0.672 bits per heavy atom. The first-order chi connectivity index (χ1) is 56.5. The predicted octanol–water partition coefficient (Wildman–Crippen LogP) is -1.03. The van der Waals surface area contributed by atoms with Crippen molar-refractivity contribution in [3.05, 3.63) is 63.8 Å². The Labute approximate surface area is 693 Å². The molecular formula is C78H109BrN14O26. The molecule has 0 bridgehead atoms. The number of aliphatic hydroxyl groups is 1. The van der Waals surface area contributed by atoms with E-state index in [0.717, 1.165) is 51.5 Å². The number of cyclic esters (lactones) is 1. The van der Waals surface area contributed by atoms with Gasteiger partial charge in [-0.2, -0.15) is 0 Å². The number of aliphatic hydroxyl groups excluding tert-OH is 1. The molecule has 19 N–H and O–H groups in total. The number of anilines is 1. The summed E-state index contributed by atoms with van der Waals surface area (Å²) in [5.41, 5.74) is 13.6. The molecule has 2 heterocycles. The second-order valence-electron chi connectivity index (χ2n) is 29.0. The second-order valence-corrected chi connectivity index (χ2v) is 29.9. The number of amides is 11. The molecule has 1 aliphatic rings. The van der Waals surface area contributed by atoms with E-state index in [9.17, 15) is 106 Å². The first kappa shape index (κ1) is 99.7. The number of hydrogen-bond donors (Lipinski definition) is 17. The number of fused-ring (bicyclic) bond motifs is 1. The lowest BCUT2D eigenvalue weighted by Gasteiger charge is -2.29. The smallest absolute Gasteiger partial charge is 0.329 e. The molecule has 41 heteroatoms. The number of rotatable bonds is 40. The van der Waals surface area contributed by atoms with Crippen LogP contribution < -0.4 is 70.0 Å². The molecule has 654 valence electrons. The van der Waals surface area contributed by atoms with Crippen LogP contribution in [-0.2, 0) is 112 Å². The van der Waals surface area contributed by atoms with Crippen LogP contribution in [0.5, 0.6) is 0 Å². The van der Waals surface area contributed by atoms with E-state index in [1.54, 1.807) is 25.3 Å². The van der Waals surface area contributed by atoms with Crippen LogP contribution in [0.4, 0.5) is 5.69 Å². The van der Waals surface area contributed by atoms with Gasteiger partial charge in [0.1, 0.15) is 55.6 Å². The summed E-state index contributed by atoms with van der Waals surface area (Å²) < 4.78 is 15.7. The van der Waals surface area contributed by atoms with Crippen LogP contribution in [-0.4, -0.2) is 240 Å². The van der Waals surface area contributed by atoms with Gasteiger partial charge in [-0.1, -0.05) is 79.9 Å². The number of aromatic nitrogens is 1. The zero-order valence-electron chi connectivity index (χ0n) is 67.1. The number of aromatic amines is 1. The number of ether oxygens (including phenoxy) is 3. The Balaban J connectivity index is 1.91. The molecule has 13 atom stereocenters. The normalized spacial score (nSPS) is 21.0. The van der Waals surface area contributed by atoms with Gasteiger partial charge in [0.15, 0.2) is 23.1 Å². The number of aliphatic carboxylic acids is 2. The van der Waals surface area contributed by atoms with Crippen molar-refractivity contribution in [3.8, 4) is 0 Å². The van der Waals surface area contributed by atoms with E-state index in [2.05, 4.69) is 86.3 Å². The van der Waals surface area contributed by atoms with Crippen LogP contribution in [0, 0.1) is 30.6 Å². The first-order valence-electron chi connectivity index (χ1n) is 39.0. The van der Waals surface area contributed by atoms with E-state index in [-0.39, 0.29) is 63.0 Å². The van der Waals surface area contributed by atoms with Crippen molar-refractivity contribution in [2.75, 3.05) is 51.3 Å². The zero-order chi connectivity index (χ0) is 88.6. The van der Waals surface area contributed by atoms with Gasteiger partial charge < -0.3 is 104 Å². The van der Waals surface area contributed by atoms with Gasteiger partial charge in [0, 0.05) is 90.2 Å². The number of esters is 1. The fourth-order valence-electron chi connectivity index (χ4n) is 12.9. The van der Waals surface area contributed by atoms with E-state index >= 15 is 4.79 Å². The number of aryl methyl sites for hydroxylation is 1. The van der Waals surface area contributed by atoms with Gasteiger partial charge in [-0.15, -0.1) is 0 Å². The number of H-pyrrole nitrogens is 1. The molecule has 119 heavy (non-hydrogen) atoms. The third-order valence-corrected chi connectivity index (χ3v) is 19.9. The van der Waals surface area contributed by atoms with Gasteiger partial charge in [-0.05, 0) is 95.3 Å². The maximum absolute atomic E-state index is 15.1. The van der Waals surface area contributed by atoms with E-state index in [4.69, 9.17) is 25.7 Å². The first-order valence-corrected chi connectivity index (χ1v) is 39.8. The lowest BCUT2D eigenvalue weighted by Crippen LogP contribution is -2.57. The standard InChI is InChI=1S/C78H109BrN14O26/c1-7-9-10-11-12-13-14-17-65(102)88-56(25-46-33-83-52-20-18-41(3)23-50(46)52)76(114)90-55(32-64(81)101)62(99)26-45(28-69(107)108)72(110)93-70-44(6)119-78(116)57(31-60(97)51-29-48(79)19-21-53(51)82-8-2)91-74(112)49(42(4)24-68(105)106)30-63(100)58(36-94)89-67(104)34-84-75(113)59(38-118-40-96)92-71(109)43(5)86-73(111)47(37-117-39-95)27-61(98)54(16-15-22-80)87-66(103)35-85-77(70)115/h18-21,23,29,33,39-40,42-45,47,49,54-59,70,82-83,94H,7-17,22,24-28,30-32,34-38,80H2,1-6H3,(H2,81,101)(H,84,113)(H,85,115)(H,86,111)(H,87,103)(H,88,102)(H,89,104)(H,90,114)(H,91,112)(H,92,109)(H,93,110)(H,105,106)(H,107,108)/t42-,43-,44-,45+,47+,49+,54+,55-,56+,57+,58-,59+,70+/m1/s1. The number of benzene rings is 2. The Hall–Kier alpha value is -11.6. The molecule has 1 fully saturated rings. The molecule has 1 saturated heterocycles. The Bertz CT molecular complexity index is 4120. The quantitative estimate of drug-likeness (QED) is 0.0106. The number of carbonyl (C=O) groups is 20. The number of carboxylic acid groups (broad SMARTS) is 2. The topological polar surface area (TPSA) is 630 Å². The average molecular weight is 1740 g/mol. The van der Waals surface area contributed by atoms with Gasteiger partial charge in [-0.25, -0.2) is 4.79 Å². The van der Waals surface area contributed by atoms with E-state index in [1.165, 1.54) is 19.1 Å². The third-order valence-electron chi connectivity index (χ3n) is 19.4. The number of carboxylic acids is 2. The molecule has 40 nitrogen and oxygen atoms in total. The summed E-state index contributed by atoms with van der Waals surface area (Å²) in [5.74, 6) is -29.1. The minimum atomic E-state index is -2.36. The van der Waals surface area contributed by atoms with Gasteiger partial charge in [-0.3, -0.25) is 91.1 Å². The van der Waals surface area contributed by atoms with Crippen molar-refractivity contribution < 1.29 is 125 Å². The number of nitrogens with two attached hydrogens (primary N) is 2. The highest BCUT2D eigenvalue weighted by molar-refractivity contribution is 9.10. The maximum atomic E-state index is 15.1. The molecule has 0 aliphatic carbocycles. The molecule has 0 unspecified atom stereocenters. The molecule has 1 aromatic heterocycles. The molecule has 2 aromatic carbocycles. The van der Waals surface area contributed by atoms with E-state index < -0.39 is 262 Å². The number of carbonyl (C=O) groups excluding carboxylic acids is 18. The molecular weight excluding hydrogens is 1630 g/mol. The zero-order valence-corrected chi connectivity index (χ0v) is 68.7. The van der Waals surface area contributed by atoms with Gasteiger partial charge in [0.25, 0.3) is 12.9 Å². The minimum Gasteiger partial charge on any atom is -0.481 e. The van der Waals surface area contributed by atoms with Gasteiger partial charge >= 0.3 is 17.9 Å². The lowest BCUT2D eigenvalue weighted by atomic mass is 9.84. The third kappa shape index (κ3) is 34.5. The van der Waals surface area contributed by atoms with E-state index in [0.29, 0.717) is 33.8 Å². The molecule has 4 rings (SSSR count). The van der Waals surface area contributed by atoms with Crippen molar-refractivity contribution in [2.24, 2.45) is 35.1 Å². The molecule has 1 aliphatic heterocycles. The fraction of sp³-hybridized carbons (Fsp3) is 0.564. The highest BCUT2D eigenvalue weighted by Gasteiger charge is 2.41. The number of nitrogens with one attached hydrogen (secondary N) is 12.